The van der Waals surface area contributed by atoms with Crippen LogP contribution in [0.3, 0.4) is 0 Å². The first-order valence-electron chi connectivity index (χ1n) is 6.58. The van der Waals surface area contributed by atoms with Crippen LogP contribution in [0, 0.1) is 6.92 Å². The predicted molar refractivity (Wildman–Crippen MR) is 82.5 cm³/mol. The second-order valence-electron chi connectivity index (χ2n) is 4.75. The van der Waals surface area contributed by atoms with Gasteiger partial charge < -0.3 is 5.11 Å². The lowest BCUT2D eigenvalue weighted by Gasteiger charge is -2.10. The van der Waals surface area contributed by atoms with Crippen LogP contribution >= 0.6 is 11.6 Å². The van der Waals surface area contributed by atoms with Crippen LogP contribution in [0.5, 0.6) is 0 Å². The first-order chi connectivity index (χ1) is 10.2. The second-order valence-corrected chi connectivity index (χ2v) is 5.18. The van der Waals surface area contributed by atoms with Gasteiger partial charge in [0.15, 0.2) is 0 Å². The summed E-state index contributed by atoms with van der Waals surface area (Å²) < 4.78 is 1.75. The van der Waals surface area contributed by atoms with Gasteiger partial charge in [0.2, 0.25) is 0 Å². The minimum Gasteiger partial charge on any atom is -0.390 e. The van der Waals surface area contributed by atoms with Crippen LogP contribution in [0.4, 0.5) is 0 Å². The van der Waals surface area contributed by atoms with E-state index in [0.717, 1.165) is 22.5 Å². The molecule has 0 radical (unpaired) electrons. The number of benzene rings is 2. The van der Waals surface area contributed by atoms with Crippen molar-refractivity contribution in [2.75, 3.05) is 0 Å². The van der Waals surface area contributed by atoms with Gasteiger partial charge in [-0.3, -0.25) is 0 Å². The molecule has 5 heteroatoms. The van der Waals surface area contributed by atoms with Gasteiger partial charge in [-0.25, -0.2) is 4.68 Å². The summed E-state index contributed by atoms with van der Waals surface area (Å²) >= 11 is 5.94. The molecule has 1 aromatic heterocycles. The van der Waals surface area contributed by atoms with E-state index in [0.29, 0.717) is 10.7 Å². The second kappa shape index (κ2) is 5.68. The molecule has 0 saturated carbocycles. The molecule has 3 aromatic rings. The normalized spacial score (nSPS) is 10.8. The molecule has 2 aromatic carbocycles. The Morgan fingerprint density at radius 3 is 2.48 bits per heavy atom. The summed E-state index contributed by atoms with van der Waals surface area (Å²) in [5.74, 6) is 0. The molecule has 0 amide bonds. The lowest BCUT2D eigenvalue weighted by atomic mass is 10.1. The van der Waals surface area contributed by atoms with Crippen molar-refractivity contribution in [3.8, 4) is 16.9 Å². The van der Waals surface area contributed by atoms with Crippen molar-refractivity contribution in [3.05, 3.63) is 64.8 Å². The number of halogens is 1. The minimum absolute atomic E-state index is 0.163. The Hall–Kier alpha value is -2.17. The Labute approximate surface area is 127 Å². The van der Waals surface area contributed by atoms with Gasteiger partial charge in [-0.15, -0.1) is 5.10 Å². The number of nitrogens with zero attached hydrogens (tertiary/aromatic N) is 3. The summed E-state index contributed by atoms with van der Waals surface area (Å²) in [5, 5.41) is 18.5. The molecule has 1 heterocycles. The molecule has 0 unspecified atom stereocenters. The Balaban J connectivity index is 2.22. The van der Waals surface area contributed by atoms with E-state index in [1.165, 1.54) is 0 Å². The smallest absolute Gasteiger partial charge is 0.117 e. The van der Waals surface area contributed by atoms with Gasteiger partial charge in [0.25, 0.3) is 0 Å². The maximum Gasteiger partial charge on any atom is 0.117 e. The maximum absolute atomic E-state index is 9.52. The summed E-state index contributed by atoms with van der Waals surface area (Å²) in [7, 11) is 0. The van der Waals surface area contributed by atoms with E-state index in [-0.39, 0.29) is 6.61 Å². The highest BCUT2D eigenvalue weighted by Gasteiger charge is 2.16. The topological polar surface area (TPSA) is 50.9 Å². The average Bonchev–Trinajstić information content (AvgIpc) is 2.92. The number of aryl methyl sites for hydroxylation is 1. The van der Waals surface area contributed by atoms with Crippen LogP contribution in [-0.4, -0.2) is 20.1 Å². The zero-order valence-corrected chi connectivity index (χ0v) is 12.2. The standard InChI is InChI=1S/C16H14ClN3O/c1-11-4-2-3-5-15(11)20-16(14(10-21)18-19-20)12-6-8-13(17)9-7-12/h2-9,21H,10H2,1H3. The molecule has 106 valence electrons. The number of rotatable bonds is 3. The van der Waals surface area contributed by atoms with Crippen LogP contribution in [0.2, 0.25) is 5.02 Å². The predicted octanol–water partition coefficient (Wildman–Crippen LogP) is 3.39. The van der Waals surface area contributed by atoms with E-state index in [4.69, 9.17) is 11.6 Å². The van der Waals surface area contributed by atoms with Gasteiger partial charge in [-0.2, -0.15) is 0 Å². The van der Waals surface area contributed by atoms with E-state index in [1.54, 1.807) is 4.68 Å². The van der Waals surface area contributed by atoms with Gasteiger partial charge in [-0.1, -0.05) is 47.1 Å². The third kappa shape index (κ3) is 2.55. The van der Waals surface area contributed by atoms with Crippen molar-refractivity contribution in [2.45, 2.75) is 13.5 Å². The van der Waals surface area contributed by atoms with Crippen molar-refractivity contribution in [1.29, 1.82) is 0 Å². The molecule has 1 N–H and O–H groups in total. The fourth-order valence-corrected chi connectivity index (χ4v) is 2.41. The molecule has 0 bridgehead atoms. The maximum atomic E-state index is 9.52. The van der Waals surface area contributed by atoms with Crippen molar-refractivity contribution in [1.82, 2.24) is 15.0 Å². The monoisotopic (exact) mass is 299 g/mol. The first-order valence-corrected chi connectivity index (χ1v) is 6.96. The SMILES string of the molecule is Cc1ccccc1-n1nnc(CO)c1-c1ccc(Cl)cc1. The van der Waals surface area contributed by atoms with Crippen LogP contribution < -0.4 is 0 Å². The largest absolute Gasteiger partial charge is 0.390 e. The van der Waals surface area contributed by atoms with E-state index in [9.17, 15) is 5.11 Å². The van der Waals surface area contributed by atoms with Crippen molar-refractivity contribution < 1.29 is 5.11 Å². The van der Waals surface area contributed by atoms with Crippen molar-refractivity contribution in [3.63, 3.8) is 0 Å². The number of para-hydroxylation sites is 1. The number of hydrogen-bond donors (Lipinski definition) is 1. The van der Waals surface area contributed by atoms with Crippen LogP contribution in [0.1, 0.15) is 11.3 Å². The highest BCUT2D eigenvalue weighted by molar-refractivity contribution is 6.30. The Morgan fingerprint density at radius 1 is 1.10 bits per heavy atom. The summed E-state index contributed by atoms with van der Waals surface area (Å²) in [4.78, 5) is 0. The summed E-state index contributed by atoms with van der Waals surface area (Å²) in [6.07, 6.45) is 0. The Morgan fingerprint density at radius 2 is 1.81 bits per heavy atom. The minimum atomic E-state index is -0.163. The third-order valence-corrected chi connectivity index (χ3v) is 3.60. The van der Waals surface area contributed by atoms with Gasteiger partial charge in [0.1, 0.15) is 11.4 Å². The lowest BCUT2D eigenvalue weighted by molar-refractivity contribution is 0.277. The van der Waals surface area contributed by atoms with Gasteiger partial charge in [-0.05, 0) is 30.7 Å². The summed E-state index contributed by atoms with van der Waals surface area (Å²) in [6, 6.07) is 15.3. The van der Waals surface area contributed by atoms with Crippen LogP contribution in [0.25, 0.3) is 16.9 Å². The highest BCUT2D eigenvalue weighted by atomic mass is 35.5. The average molecular weight is 300 g/mol. The molecular formula is C16H14ClN3O. The molecular weight excluding hydrogens is 286 g/mol. The van der Waals surface area contributed by atoms with Gasteiger partial charge in [0, 0.05) is 10.6 Å². The zero-order valence-electron chi connectivity index (χ0n) is 11.5. The zero-order chi connectivity index (χ0) is 14.8. The molecule has 0 atom stereocenters. The molecule has 3 rings (SSSR count). The molecule has 0 saturated heterocycles. The highest BCUT2D eigenvalue weighted by Crippen LogP contribution is 2.27. The first kappa shape index (κ1) is 13.8. The number of hydrogen-bond acceptors (Lipinski definition) is 3. The third-order valence-electron chi connectivity index (χ3n) is 3.35. The van der Waals surface area contributed by atoms with Gasteiger partial charge >= 0.3 is 0 Å². The van der Waals surface area contributed by atoms with Crippen LogP contribution in [-0.2, 0) is 6.61 Å². The molecule has 0 aliphatic heterocycles. The number of aromatic nitrogens is 3. The molecule has 4 nitrogen and oxygen atoms in total. The van der Waals surface area contributed by atoms with Crippen molar-refractivity contribution >= 4 is 11.6 Å². The van der Waals surface area contributed by atoms with E-state index >= 15 is 0 Å². The molecule has 0 aliphatic carbocycles. The quantitative estimate of drug-likeness (QED) is 0.806. The van der Waals surface area contributed by atoms with E-state index in [2.05, 4.69) is 10.3 Å². The van der Waals surface area contributed by atoms with Gasteiger partial charge in [0.05, 0.1) is 12.3 Å². The molecule has 0 fully saturated rings. The van der Waals surface area contributed by atoms with Crippen molar-refractivity contribution in [2.24, 2.45) is 0 Å². The molecule has 21 heavy (non-hydrogen) atoms. The molecule has 0 spiro atoms. The Kier molecular flexibility index (Phi) is 3.73. The fourth-order valence-electron chi connectivity index (χ4n) is 2.29. The Bertz CT molecular complexity index is 765. The van der Waals surface area contributed by atoms with E-state index < -0.39 is 0 Å². The summed E-state index contributed by atoms with van der Waals surface area (Å²) in [6.45, 7) is 1.85. The van der Waals surface area contributed by atoms with Crippen LogP contribution in [0.15, 0.2) is 48.5 Å². The summed E-state index contributed by atoms with van der Waals surface area (Å²) in [5.41, 5.74) is 4.26. The number of aliphatic hydroxyl groups excluding tert-OH is 1. The van der Waals surface area contributed by atoms with E-state index in [1.807, 2.05) is 55.5 Å². The molecule has 0 aliphatic rings. The number of aliphatic hydroxyl groups is 1. The lowest BCUT2D eigenvalue weighted by Crippen LogP contribution is -2.02. The fraction of sp³-hybridized carbons (Fsp3) is 0.125.